The second-order valence-corrected chi connectivity index (χ2v) is 9.50. The van der Waals surface area contributed by atoms with E-state index >= 15 is 0 Å². The standard InChI is InChI=1S/C17H10Br4O4/c18-9-1-7(2-10(19)5-9)13-14(17(13,15(22)23)16(24)25)8-3-11(20)6-12(21)4-8/h1-6,13-14H,(H,22,23)(H,24,25)/t13-,14-/m0/s1. The highest BCUT2D eigenvalue weighted by molar-refractivity contribution is 9.11. The maximum Gasteiger partial charge on any atom is 0.322 e. The number of carboxylic acid groups (broad SMARTS) is 2. The van der Waals surface area contributed by atoms with Crippen molar-refractivity contribution in [2.24, 2.45) is 5.41 Å². The second kappa shape index (κ2) is 6.79. The summed E-state index contributed by atoms with van der Waals surface area (Å²) in [7, 11) is 0. The van der Waals surface area contributed by atoms with Crippen molar-refractivity contribution < 1.29 is 19.8 Å². The molecule has 0 aliphatic heterocycles. The number of hydrogen-bond donors (Lipinski definition) is 2. The van der Waals surface area contributed by atoms with E-state index in [1.165, 1.54) is 0 Å². The molecule has 8 heteroatoms. The Bertz CT molecular complexity index is 782. The first kappa shape index (κ1) is 19.1. The van der Waals surface area contributed by atoms with E-state index in [1.54, 1.807) is 24.3 Å². The molecule has 4 nitrogen and oxygen atoms in total. The second-order valence-electron chi connectivity index (χ2n) is 5.84. The van der Waals surface area contributed by atoms with Crippen LogP contribution in [0, 0.1) is 5.41 Å². The largest absolute Gasteiger partial charge is 0.480 e. The third kappa shape index (κ3) is 3.22. The van der Waals surface area contributed by atoms with E-state index in [9.17, 15) is 19.8 Å². The van der Waals surface area contributed by atoms with Crippen LogP contribution < -0.4 is 0 Å². The Morgan fingerprint density at radius 3 is 1.20 bits per heavy atom. The molecule has 2 atom stereocenters. The van der Waals surface area contributed by atoms with E-state index in [2.05, 4.69) is 63.7 Å². The van der Waals surface area contributed by atoms with Crippen LogP contribution in [0.1, 0.15) is 23.0 Å². The lowest BCUT2D eigenvalue weighted by atomic mass is 9.98. The van der Waals surface area contributed by atoms with Gasteiger partial charge in [0.05, 0.1) is 0 Å². The zero-order chi connectivity index (χ0) is 18.5. The molecule has 1 saturated carbocycles. The summed E-state index contributed by atoms with van der Waals surface area (Å²) in [5.74, 6) is -4.00. The molecule has 1 fully saturated rings. The third-order valence-corrected chi connectivity index (χ3v) is 6.23. The van der Waals surface area contributed by atoms with Crippen molar-refractivity contribution in [2.75, 3.05) is 0 Å². The summed E-state index contributed by atoms with van der Waals surface area (Å²) in [4.78, 5) is 24.0. The van der Waals surface area contributed by atoms with Gasteiger partial charge in [0.2, 0.25) is 0 Å². The molecular formula is C17H10Br4O4. The van der Waals surface area contributed by atoms with Crippen LogP contribution in [0.4, 0.5) is 0 Å². The molecule has 0 bridgehead atoms. The Kier molecular flexibility index (Phi) is 5.18. The molecule has 2 aromatic rings. The normalized spacial score (nSPS) is 21.0. The summed E-state index contributed by atoms with van der Waals surface area (Å²) in [6.45, 7) is 0. The SMILES string of the molecule is O=C(O)C1(C(=O)O)[C@@H](c2cc(Br)cc(Br)c2)[C@@H]1c1cc(Br)cc(Br)c1. The highest BCUT2D eigenvalue weighted by Gasteiger charge is 2.76. The molecule has 0 saturated heterocycles. The van der Waals surface area contributed by atoms with Gasteiger partial charge in [0.15, 0.2) is 5.41 Å². The van der Waals surface area contributed by atoms with Crippen molar-refractivity contribution in [3.05, 3.63) is 65.4 Å². The molecule has 1 aliphatic carbocycles. The first-order valence-corrected chi connectivity index (χ1v) is 10.2. The summed E-state index contributed by atoms with van der Waals surface area (Å²) in [6, 6.07) is 10.7. The van der Waals surface area contributed by atoms with Gasteiger partial charge in [-0.2, -0.15) is 0 Å². The summed E-state index contributed by atoms with van der Waals surface area (Å²) in [5, 5.41) is 19.6. The van der Waals surface area contributed by atoms with Gasteiger partial charge in [-0.25, -0.2) is 0 Å². The van der Waals surface area contributed by atoms with Crippen LogP contribution in [0.2, 0.25) is 0 Å². The van der Waals surface area contributed by atoms with Crippen LogP contribution in [-0.4, -0.2) is 22.2 Å². The third-order valence-electron chi connectivity index (χ3n) is 4.40. The molecule has 25 heavy (non-hydrogen) atoms. The van der Waals surface area contributed by atoms with Crippen LogP contribution in [0.25, 0.3) is 0 Å². The fourth-order valence-corrected chi connectivity index (χ4v) is 6.09. The average Bonchev–Trinajstić information content (AvgIpc) is 3.16. The minimum atomic E-state index is -1.89. The van der Waals surface area contributed by atoms with Crippen LogP contribution >= 0.6 is 63.7 Å². The number of hydrogen-bond acceptors (Lipinski definition) is 2. The van der Waals surface area contributed by atoms with E-state index in [0.29, 0.717) is 11.1 Å². The molecule has 0 amide bonds. The predicted octanol–water partition coefficient (Wildman–Crippen LogP) is 5.77. The minimum absolute atomic E-state index is 0.659. The monoisotopic (exact) mass is 594 g/mol. The number of carboxylic acids is 2. The van der Waals surface area contributed by atoms with Gasteiger partial charge >= 0.3 is 11.9 Å². The smallest absolute Gasteiger partial charge is 0.322 e. The van der Waals surface area contributed by atoms with Gasteiger partial charge in [-0.05, 0) is 47.5 Å². The van der Waals surface area contributed by atoms with Gasteiger partial charge < -0.3 is 10.2 Å². The number of rotatable bonds is 4. The Balaban J connectivity index is 2.20. The van der Waals surface area contributed by atoms with Crippen molar-refractivity contribution in [1.82, 2.24) is 0 Å². The number of carbonyl (C=O) groups is 2. The van der Waals surface area contributed by atoms with Gasteiger partial charge in [-0.15, -0.1) is 0 Å². The van der Waals surface area contributed by atoms with Crippen molar-refractivity contribution in [1.29, 1.82) is 0 Å². The van der Waals surface area contributed by atoms with Gasteiger partial charge in [0.25, 0.3) is 0 Å². The van der Waals surface area contributed by atoms with Crippen LogP contribution in [0.3, 0.4) is 0 Å². The van der Waals surface area contributed by atoms with E-state index < -0.39 is 29.2 Å². The molecule has 0 aromatic heterocycles. The van der Waals surface area contributed by atoms with E-state index in [0.717, 1.165) is 17.9 Å². The maximum atomic E-state index is 12.0. The topological polar surface area (TPSA) is 74.6 Å². The molecular weight excluding hydrogens is 588 g/mol. The number of aliphatic carboxylic acids is 2. The molecule has 1 aliphatic rings. The van der Waals surface area contributed by atoms with Crippen LogP contribution in [0.5, 0.6) is 0 Å². The summed E-state index contributed by atoms with van der Waals surface area (Å²) >= 11 is 13.5. The lowest BCUT2D eigenvalue weighted by Gasteiger charge is -2.08. The highest BCUT2D eigenvalue weighted by Crippen LogP contribution is 2.71. The molecule has 2 aromatic carbocycles. The maximum absolute atomic E-state index is 12.0. The lowest BCUT2D eigenvalue weighted by molar-refractivity contribution is -0.157. The van der Waals surface area contributed by atoms with Crippen LogP contribution in [0.15, 0.2) is 54.3 Å². The Morgan fingerprint density at radius 1 is 0.680 bits per heavy atom. The minimum Gasteiger partial charge on any atom is -0.480 e. The first-order valence-electron chi connectivity index (χ1n) is 7.06. The molecule has 3 rings (SSSR count). The van der Waals surface area contributed by atoms with E-state index in [-0.39, 0.29) is 0 Å². The molecule has 0 heterocycles. The van der Waals surface area contributed by atoms with Crippen molar-refractivity contribution in [2.45, 2.75) is 11.8 Å². The fraction of sp³-hybridized carbons (Fsp3) is 0.176. The van der Waals surface area contributed by atoms with Gasteiger partial charge in [-0.3, -0.25) is 9.59 Å². The van der Waals surface area contributed by atoms with Gasteiger partial charge in [0.1, 0.15) is 0 Å². The molecule has 0 radical (unpaired) electrons. The Labute approximate surface area is 177 Å². The summed E-state index contributed by atoms with van der Waals surface area (Å²) in [5.41, 5.74) is -0.570. The van der Waals surface area contributed by atoms with Crippen molar-refractivity contribution >= 4 is 75.7 Å². The Hall–Kier alpha value is -0.700. The highest BCUT2D eigenvalue weighted by atomic mass is 79.9. The number of benzene rings is 2. The molecule has 2 N–H and O–H groups in total. The summed E-state index contributed by atoms with van der Waals surface area (Å²) in [6.07, 6.45) is 0. The zero-order valence-corrected chi connectivity index (χ0v) is 18.7. The van der Waals surface area contributed by atoms with E-state index in [4.69, 9.17) is 0 Å². The van der Waals surface area contributed by atoms with E-state index in [1.807, 2.05) is 12.1 Å². The summed E-state index contributed by atoms with van der Waals surface area (Å²) < 4.78 is 3.01. The molecule has 130 valence electrons. The van der Waals surface area contributed by atoms with Gasteiger partial charge in [0, 0.05) is 29.7 Å². The average molecular weight is 598 g/mol. The quantitative estimate of drug-likeness (QED) is 0.439. The van der Waals surface area contributed by atoms with Gasteiger partial charge in [-0.1, -0.05) is 63.7 Å². The predicted molar refractivity (Wildman–Crippen MR) is 107 cm³/mol. The number of halogens is 4. The zero-order valence-electron chi connectivity index (χ0n) is 12.3. The fourth-order valence-electron chi connectivity index (χ4n) is 3.43. The van der Waals surface area contributed by atoms with Crippen LogP contribution in [-0.2, 0) is 9.59 Å². The van der Waals surface area contributed by atoms with Crippen molar-refractivity contribution in [3.63, 3.8) is 0 Å². The lowest BCUT2D eigenvalue weighted by Crippen LogP contribution is -2.28. The first-order chi connectivity index (χ1) is 11.7. The molecule has 0 spiro atoms. The van der Waals surface area contributed by atoms with Crippen molar-refractivity contribution in [3.8, 4) is 0 Å². The Morgan fingerprint density at radius 2 is 0.960 bits per heavy atom. The molecule has 0 unspecified atom stereocenters.